The Kier molecular flexibility index (Phi) is 8.40. The van der Waals surface area contributed by atoms with Gasteiger partial charge in [-0.2, -0.15) is 8.78 Å². The predicted molar refractivity (Wildman–Crippen MR) is 129 cm³/mol. The molecular weight excluding hydrogens is 456 g/mol. The lowest BCUT2D eigenvalue weighted by molar-refractivity contribution is 0.124. The molecule has 190 valence electrons. The van der Waals surface area contributed by atoms with Gasteiger partial charge in [0.2, 0.25) is 11.6 Å². The van der Waals surface area contributed by atoms with Crippen LogP contribution in [-0.2, 0) is 0 Å². The summed E-state index contributed by atoms with van der Waals surface area (Å²) in [5.41, 5.74) is -0.750. The van der Waals surface area contributed by atoms with Crippen molar-refractivity contribution in [2.45, 2.75) is 65.2 Å². The molecule has 35 heavy (non-hydrogen) atoms. The summed E-state index contributed by atoms with van der Waals surface area (Å²) in [4.78, 5) is 0. The van der Waals surface area contributed by atoms with Gasteiger partial charge in [-0.25, -0.2) is 8.78 Å². The predicted octanol–water partition coefficient (Wildman–Crippen LogP) is 8.83. The normalized spacial score (nSPS) is 25.1. The van der Waals surface area contributed by atoms with Gasteiger partial charge in [0.1, 0.15) is 0 Å². The molecule has 0 unspecified atom stereocenters. The number of allylic oxidation sites excluding steroid dienone is 1. The van der Waals surface area contributed by atoms with E-state index in [0.29, 0.717) is 12.5 Å². The van der Waals surface area contributed by atoms with Gasteiger partial charge < -0.3 is 9.47 Å². The molecule has 0 radical (unpaired) electrons. The van der Waals surface area contributed by atoms with Crippen LogP contribution in [0, 0.1) is 46.9 Å². The van der Waals surface area contributed by atoms with Gasteiger partial charge in [0, 0.05) is 11.1 Å². The molecule has 0 heterocycles. The number of benzene rings is 2. The van der Waals surface area contributed by atoms with Crippen molar-refractivity contribution >= 4 is 0 Å². The van der Waals surface area contributed by atoms with Gasteiger partial charge >= 0.3 is 0 Å². The van der Waals surface area contributed by atoms with Crippen LogP contribution in [0.2, 0.25) is 0 Å². The van der Waals surface area contributed by atoms with E-state index in [1.165, 1.54) is 75.1 Å². The summed E-state index contributed by atoms with van der Waals surface area (Å²) in [6.07, 6.45) is 12.5. The van der Waals surface area contributed by atoms with Crippen LogP contribution in [0.15, 0.2) is 36.6 Å². The topological polar surface area (TPSA) is 18.5 Å². The van der Waals surface area contributed by atoms with Crippen molar-refractivity contribution in [1.82, 2.24) is 0 Å². The van der Waals surface area contributed by atoms with Crippen LogP contribution >= 0.6 is 0 Å². The molecule has 0 saturated heterocycles. The zero-order valence-corrected chi connectivity index (χ0v) is 20.5. The molecule has 0 bridgehead atoms. The van der Waals surface area contributed by atoms with E-state index in [1.807, 2.05) is 0 Å². The lowest BCUT2D eigenvalue weighted by atomic mass is 9.69. The smallest absolute Gasteiger partial charge is 0.201 e. The molecule has 0 atom stereocenters. The molecule has 2 aliphatic carbocycles. The second-order valence-electron chi connectivity index (χ2n) is 10.2. The van der Waals surface area contributed by atoms with E-state index in [-0.39, 0.29) is 22.6 Å². The fraction of sp³-hybridized carbons (Fsp3) is 0.517. The van der Waals surface area contributed by atoms with Crippen LogP contribution in [0.3, 0.4) is 0 Å². The van der Waals surface area contributed by atoms with Crippen molar-refractivity contribution in [3.63, 3.8) is 0 Å². The Labute approximate surface area is 205 Å². The minimum absolute atomic E-state index is 0.205. The van der Waals surface area contributed by atoms with E-state index in [0.717, 1.165) is 30.6 Å². The Morgan fingerprint density at radius 2 is 1.23 bits per heavy atom. The quantitative estimate of drug-likeness (QED) is 0.285. The van der Waals surface area contributed by atoms with Gasteiger partial charge in [0.05, 0.1) is 12.9 Å². The summed E-state index contributed by atoms with van der Waals surface area (Å²) >= 11 is 0. The maximum Gasteiger partial charge on any atom is 0.201 e. The Hall–Kier alpha value is -2.50. The minimum Gasteiger partial charge on any atom is -0.490 e. The third-order valence-corrected chi connectivity index (χ3v) is 7.81. The first-order chi connectivity index (χ1) is 16.9. The van der Waals surface area contributed by atoms with Crippen LogP contribution in [0.25, 0.3) is 11.1 Å². The number of ether oxygens (including phenoxy) is 2. The zero-order chi connectivity index (χ0) is 24.9. The lowest BCUT2D eigenvalue weighted by Crippen LogP contribution is -2.27. The first-order valence-corrected chi connectivity index (χ1v) is 12.8. The van der Waals surface area contributed by atoms with Gasteiger partial charge in [-0.3, -0.25) is 0 Å². The highest BCUT2D eigenvalue weighted by Gasteiger charge is 2.30. The molecule has 0 N–H and O–H groups in total. The van der Waals surface area contributed by atoms with E-state index < -0.39 is 23.3 Å². The average Bonchev–Trinajstić information content (AvgIpc) is 2.87. The SMILES string of the molecule is C/C=C/Oc1ccc(-c2ccc(OCC3CCC(C4CCC(C)CC4)CC3)c(F)c2F)c(F)c1F. The van der Waals surface area contributed by atoms with Crippen LogP contribution < -0.4 is 9.47 Å². The second kappa shape index (κ2) is 11.5. The molecule has 0 aliphatic heterocycles. The third-order valence-electron chi connectivity index (χ3n) is 7.81. The Bertz CT molecular complexity index is 1040. The van der Waals surface area contributed by atoms with Gasteiger partial charge in [-0.05, 0) is 93.4 Å². The van der Waals surface area contributed by atoms with Crippen LogP contribution in [0.1, 0.15) is 65.2 Å². The van der Waals surface area contributed by atoms with Crippen molar-refractivity contribution in [3.8, 4) is 22.6 Å². The number of hydrogen-bond acceptors (Lipinski definition) is 2. The lowest BCUT2D eigenvalue weighted by Gasteiger charge is -2.37. The molecule has 2 nitrogen and oxygen atoms in total. The number of rotatable bonds is 7. The highest BCUT2D eigenvalue weighted by atomic mass is 19.2. The van der Waals surface area contributed by atoms with Crippen LogP contribution in [0.4, 0.5) is 17.6 Å². The second-order valence-corrected chi connectivity index (χ2v) is 10.2. The van der Waals surface area contributed by atoms with Crippen LogP contribution in [-0.4, -0.2) is 6.61 Å². The molecule has 2 aromatic rings. The molecule has 6 heteroatoms. The zero-order valence-electron chi connectivity index (χ0n) is 20.5. The maximum absolute atomic E-state index is 14.8. The summed E-state index contributed by atoms with van der Waals surface area (Å²) in [5, 5.41) is 0. The maximum atomic E-state index is 14.8. The van der Waals surface area contributed by atoms with Crippen molar-refractivity contribution in [3.05, 3.63) is 59.9 Å². The van der Waals surface area contributed by atoms with Gasteiger partial charge in [0.15, 0.2) is 23.1 Å². The van der Waals surface area contributed by atoms with E-state index in [2.05, 4.69) is 6.92 Å². The highest BCUT2D eigenvalue weighted by molar-refractivity contribution is 5.67. The number of hydrogen-bond donors (Lipinski definition) is 0. The van der Waals surface area contributed by atoms with Crippen molar-refractivity contribution in [2.24, 2.45) is 23.7 Å². The molecule has 2 aliphatic rings. The molecule has 0 spiro atoms. The molecule has 4 rings (SSSR count). The van der Waals surface area contributed by atoms with Crippen molar-refractivity contribution in [2.75, 3.05) is 6.61 Å². The van der Waals surface area contributed by atoms with Gasteiger partial charge in [0.25, 0.3) is 0 Å². The molecule has 2 aromatic carbocycles. The van der Waals surface area contributed by atoms with Crippen molar-refractivity contribution < 1.29 is 27.0 Å². The molecule has 0 aromatic heterocycles. The molecule has 2 saturated carbocycles. The summed E-state index contributed by atoms with van der Waals surface area (Å²) in [5.74, 6) is -2.79. The Balaban J connectivity index is 1.37. The largest absolute Gasteiger partial charge is 0.490 e. The highest BCUT2D eigenvalue weighted by Crippen LogP contribution is 2.41. The van der Waals surface area contributed by atoms with E-state index in [9.17, 15) is 17.6 Å². The third kappa shape index (κ3) is 5.84. The van der Waals surface area contributed by atoms with Crippen LogP contribution in [0.5, 0.6) is 11.5 Å². The summed E-state index contributed by atoms with van der Waals surface area (Å²) in [6, 6.07) is 4.85. The molecule has 0 amide bonds. The van der Waals surface area contributed by atoms with E-state index in [4.69, 9.17) is 9.47 Å². The Morgan fingerprint density at radius 3 is 1.80 bits per heavy atom. The summed E-state index contributed by atoms with van der Waals surface area (Å²) < 4.78 is 69.1. The Morgan fingerprint density at radius 1 is 0.714 bits per heavy atom. The molecular formula is C29H34F4O2. The summed E-state index contributed by atoms with van der Waals surface area (Å²) in [6.45, 7) is 4.32. The minimum atomic E-state index is -1.30. The van der Waals surface area contributed by atoms with E-state index >= 15 is 0 Å². The fourth-order valence-electron chi connectivity index (χ4n) is 5.61. The first-order valence-electron chi connectivity index (χ1n) is 12.8. The van der Waals surface area contributed by atoms with Gasteiger partial charge in [-0.15, -0.1) is 0 Å². The van der Waals surface area contributed by atoms with E-state index in [1.54, 1.807) is 6.92 Å². The number of halogens is 4. The monoisotopic (exact) mass is 490 g/mol. The molecule has 2 fully saturated rings. The first kappa shape index (κ1) is 25.6. The fourth-order valence-corrected chi connectivity index (χ4v) is 5.61. The van der Waals surface area contributed by atoms with Gasteiger partial charge in [-0.1, -0.05) is 25.8 Å². The summed E-state index contributed by atoms with van der Waals surface area (Å²) in [7, 11) is 0. The standard InChI is InChI=1S/C29H34F4O2/c1-3-16-34-24-14-12-22(26(30)28(24)32)23-13-15-25(29(33)27(23)31)35-17-19-6-10-21(11-7-19)20-8-4-18(2)5-9-20/h3,12-16,18-21H,4-11,17H2,1-2H3/b16-3+. The van der Waals surface area contributed by atoms with Crippen molar-refractivity contribution in [1.29, 1.82) is 0 Å². The average molecular weight is 491 g/mol.